The van der Waals surface area contributed by atoms with Crippen molar-refractivity contribution in [3.05, 3.63) is 50.9 Å². The fourth-order valence-corrected chi connectivity index (χ4v) is 2.29. The zero-order chi connectivity index (χ0) is 14.2. The maximum absolute atomic E-state index is 11.8. The minimum absolute atomic E-state index is 0.0212. The van der Waals surface area contributed by atoms with Gasteiger partial charge in [0, 0.05) is 16.8 Å². The van der Waals surface area contributed by atoms with Gasteiger partial charge in [-0.15, -0.1) is 0 Å². The monoisotopic (exact) mass is 254 g/mol. The van der Waals surface area contributed by atoms with Crippen molar-refractivity contribution in [3.8, 4) is 22.9 Å². The highest BCUT2D eigenvalue weighted by atomic mass is 16.3. The minimum Gasteiger partial charge on any atom is -0.507 e. The van der Waals surface area contributed by atoms with Gasteiger partial charge in [-0.1, -0.05) is 6.07 Å². The van der Waals surface area contributed by atoms with Crippen LogP contribution in [0, 0.1) is 32.1 Å². The van der Waals surface area contributed by atoms with Crippen LogP contribution in [0.15, 0.2) is 23.0 Å². The van der Waals surface area contributed by atoms with Gasteiger partial charge in [0.1, 0.15) is 17.4 Å². The number of rotatable bonds is 1. The van der Waals surface area contributed by atoms with Crippen LogP contribution in [0.5, 0.6) is 5.75 Å². The molecule has 0 radical (unpaired) electrons. The standard InChI is InChI=1S/C15H14N2O2/c1-8-4-9(2)14(13(18)5-8)11-6-10(3)17-15(19)12(11)7-16/h4-6,18H,1-3H3,(H,17,19). The molecule has 2 rings (SSSR count). The molecule has 0 unspecified atom stereocenters. The molecule has 96 valence electrons. The van der Waals surface area contributed by atoms with E-state index in [2.05, 4.69) is 4.98 Å². The summed E-state index contributed by atoms with van der Waals surface area (Å²) in [5.74, 6) is 0.0824. The van der Waals surface area contributed by atoms with Gasteiger partial charge in [-0.3, -0.25) is 4.79 Å². The summed E-state index contributed by atoms with van der Waals surface area (Å²) in [7, 11) is 0. The van der Waals surface area contributed by atoms with E-state index in [1.165, 1.54) is 0 Å². The number of benzene rings is 1. The number of nitriles is 1. The predicted molar refractivity (Wildman–Crippen MR) is 73.1 cm³/mol. The molecule has 0 aliphatic rings. The van der Waals surface area contributed by atoms with Crippen LogP contribution in [0.3, 0.4) is 0 Å². The number of aromatic nitrogens is 1. The molecule has 0 spiro atoms. The maximum Gasteiger partial charge on any atom is 0.266 e. The summed E-state index contributed by atoms with van der Waals surface area (Å²) in [6.45, 7) is 5.47. The smallest absolute Gasteiger partial charge is 0.266 e. The summed E-state index contributed by atoms with van der Waals surface area (Å²) < 4.78 is 0. The number of pyridine rings is 1. The molecule has 0 aliphatic carbocycles. The van der Waals surface area contributed by atoms with E-state index in [0.717, 1.165) is 11.1 Å². The van der Waals surface area contributed by atoms with Gasteiger partial charge >= 0.3 is 0 Å². The average Bonchev–Trinajstić information content (AvgIpc) is 2.26. The molecular formula is C15H14N2O2. The van der Waals surface area contributed by atoms with Gasteiger partial charge in [0.2, 0.25) is 0 Å². The van der Waals surface area contributed by atoms with Crippen molar-refractivity contribution in [2.24, 2.45) is 0 Å². The van der Waals surface area contributed by atoms with E-state index in [1.807, 2.05) is 26.0 Å². The number of phenols is 1. The molecule has 0 bridgehead atoms. The fraction of sp³-hybridized carbons (Fsp3) is 0.200. The fourth-order valence-electron chi connectivity index (χ4n) is 2.29. The quantitative estimate of drug-likeness (QED) is 0.821. The Morgan fingerprint density at radius 1 is 1.21 bits per heavy atom. The van der Waals surface area contributed by atoms with E-state index in [0.29, 0.717) is 16.8 Å². The summed E-state index contributed by atoms with van der Waals surface area (Å²) in [6, 6.07) is 7.14. The van der Waals surface area contributed by atoms with Crippen molar-refractivity contribution in [1.82, 2.24) is 4.98 Å². The second kappa shape index (κ2) is 4.62. The zero-order valence-corrected chi connectivity index (χ0v) is 11.0. The lowest BCUT2D eigenvalue weighted by Gasteiger charge is -2.12. The number of nitrogens with zero attached hydrogens (tertiary/aromatic N) is 1. The lowest BCUT2D eigenvalue weighted by molar-refractivity contribution is 0.476. The lowest BCUT2D eigenvalue weighted by Crippen LogP contribution is -2.13. The first-order valence-electron chi connectivity index (χ1n) is 5.88. The Balaban J connectivity index is 2.88. The van der Waals surface area contributed by atoms with Crippen LogP contribution in [0.2, 0.25) is 0 Å². The highest BCUT2D eigenvalue weighted by Gasteiger charge is 2.16. The van der Waals surface area contributed by atoms with Crippen molar-refractivity contribution in [3.63, 3.8) is 0 Å². The van der Waals surface area contributed by atoms with Crippen molar-refractivity contribution >= 4 is 0 Å². The van der Waals surface area contributed by atoms with Crippen molar-refractivity contribution in [2.45, 2.75) is 20.8 Å². The molecule has 0 fully saturated rings. The summed E-state index contributed by atoms with van der Waals surface area (Å²) >= 11 is 0. The third kappa shape index (κ3) is 2.23. The van der Waals surface area contributed by atoms with E-state index in [9.17, 15) is 9.90 Å². The third-order valence-electron chi connectivity index (χ3n) is 3.01. The molecule has 2 aromatic rings. The van der Waals surface area contributed by atoms with Crippen LogP contribution in [-0.4, -0.2) is 10.1 Å². The molecule has 19 heavy (non-hydrogen) atoms. The summed E-state index contributed by atoms with van der Waals surface area (Å²) in [4.78, 5) is 14.4. The third-order valence-corrected chi connectivity index (χ3v) is 3.01. The molecule has 0 saturated carbocycles. The van der Waals surface area contributed by atoms with Gasteiger partial charge in [0.05, 0.1) is 0 Å². The number of phenolic OH excluding ortho intramolecular Hbond substituents is 1. The number of H-pyrrole nitrogens is 1. The lowest BCUT2D eigenvalue weighted by atomic mass is 9.94. The first kappa shape index (κ1) is 12.9. The Labute approximate surface area is 111 Å². The predicted octanol–water partition coefficient (Wildman–Crippen LogP) is 2.54. The molecule has 0 atom stereocenters. The summed E-state index contributed by atoms with van der Waals surface area (Å²) in [5, 5.41) is 19.2. The number of aryl methyl sites for hydroxylation is 3. The van der Waals surface area contributed by atoms with Crippen LogP contribution in [0.25, 0.3) is 11.1 Å². The van der Waals surface area contributed by atoms with E-state index in [4.69, 9.17) is 5.26 Å². The highest BCUT2D eigenvalue weighted by molar-refractivity contribution is 5.78. The molecule has 4 nitrogen and oxygen atoms in total. The largest absolute Gasteiger partial charge is 0.507 e. The second-order valence-corrected chi connectivity index (χ2v) is 4.66. The van der Waals surface area contributed by atoms with Gasteiger partial charge in [-0.25, -0.2) is 0 Å². The highest BCUT2D eigenvalue weighted by Crippen LogP contribution is 2.34. The van der Waals surface area contributed by atoms with E-state index >= 15 is 0 Å². The Morgan fingerprint density at radius 2 is 1.89 bits per heavy atom. The average molecular weight is 254 g/mol. The molecule has 0 aliphatic heterocycles. The topological polar surface area (TPSA) is 76.9 Å². The van der Waals surface area contributed by atoms with Gasteiger partial charge in [-0.05, 0) is 44.0 Å². The van der Waals surface area contributed by atoms with E-state index in [-0.39, 0.29) is 11.3 Å². The number of aromatic amines is 1. The Kier molecular flexibility index (Phi) is 3.14. The number of nitrogens with one attached hydrogen (secondary N) is 1. The first-order chi connectivity index (χ1) is 8.93. The second-order valence-electron chi connectivity index (χ2n) is 4.66. The van der Waals surface area contributed by atoms with E-state index in [1.54, 1.807) is 19.1 Å². The first-order valence-corrected chi connectivity index (χ1v) is 5.88. The molecular weight excluding hydrogens is 240 g/mol. The van der Waals surface area contributed by atoms with E-state index < -0.39 is 5.56 Å². The maximum atomic E-state index is 11.8. The normalized spacial score (nSPS) is 10.2. The van der Waals surface area contributed by atoms with Gasteiger partial charge in [0.15, 0.2) is 0 Å². The number of aromatic hydroxyl groups is 1. The van der Waals surface area contributed by atoms with Crippen LogP contribution in [0.1, 0.15) is 22.4 Å². The Bertz CT molecular complexity index is 729. The molecule has 1 aromatic carbocycles. The van der Waals surface area contributed by atoms with Crippen molar-refractivity contribution in [1.29, 1.82) is 5.26 Å². The zero-order valence-electron chi connectivity index (χ0n) is 11.0. The molecule has 0 amide bonds. The number of hydrogen-bond donors (Lipinski definition) is 2. The van der Waals surface area contributed by atoms with Crippen LogP contribution in [0.4, 0.5) is 0 Å². The summed E-state index contributed by atoms with van der Waals surface area (Å²) in [5.41, 5.74) is 3.01. The van der Waals surface area contributed by atoms with Crippen molar-refractivity contribution < 1.29 is 5.11 Å². The van der Waals surface area contributed by atoms with Crippen LogP contribution < -0.4 is 5.56 Å². The van der Waals surface area contributed by atoms with Crippen LogP contribution in [-0.2, 0) is 0 Å². The SMILES string of the molecule is Cc1cc(C)c(-c2cc(C)[nH]c(=O)c2C#N)c(O)c1. The summed E-state index contributed by atoms with van der Waals surface area (Å²) in [6.07, 6.45) is 0. The molecule has 2 N–H and O–H groups in total. The molecule has 1 aromatic heterocycles. The van der Waals surface area contributed by atoms with Gasteiger partial charge in [0.25, 0.3) is 5.56 Å². The van der Waals surface area contributed by atoms with Gasteiger partial charge in [-0.2, -0.15) is 5.26 Å². The van der Waals surface area contributed by atoms with Crippen molar-refractivity contribution in [2.75, 3.05) is 0 Å². The van der Waals surface area contributed by atoms with Gasteiger partial charge < -0.3 is 10.1 Å². The molecule has 4 heteroatoms. The minimum atomic E-state index is -0.433. The van der Waals surface area contributed by atoms with Crippen LogP contribution >= 0.6 is 0 Å². The molecule has 1 heterocycles. The molecule has 0 saturated heterocycles. The Hall–Kier alpha value is -2.54. The Morgan fingerprint density at radius 3 is 2.47 bits per heavy atom. The number of hydrogen-bond acceptors (Lipinski definition) is 3.